The topological polar surface area (TPSA) is 87.3 Å². The Morgan fingerprint density at radius 1 is 1.03 bits per heavy atom. The van der Waals surface area contributed by atoms with Crippen LogP contribution in [0.2, 0.25) is 0 Å². The van der Waals surface area contributed by atoms with E-state index in [4.69, 9.17) is 23.7 Å². The first-order valence-electron chi connectivity index (χ1n) is 11.0. The Morgan fingerprint density at radius 3 is 2.34 bits per heavy atom. The first kappa shape index (κ1) is 23.4. The van der Waals surface area contributed by atoms with E-state index >= 15 is 0 Å². The zero-order valence-corrected chi connectivity index (χ0v) is 19.2. The van der Waals surface area contributed by atoms with E-state index < -0.39 is 0 Å². The Hall–Kier alpha value is -3.29. The number of hydrogen-bond donors (Lipinski definition) is 2. The van der Waals surface area contributed by atoms with E-state index in [1.54, 1.807) is 7.11 Å². The standard InChI is InChI=1S/C24H32N2O6/c1-5-29-21-10-16(11-22(30-6-2)23(21)31-7-3)14-25-24(27)26-18-12-17-13-19(28-4)8-9-20(17)32-15-18/h8-11,13,18H,5-7,12,14-15H2,1-4H3,(H2,25,26,27)/t18-/m0/s1. The van der Waals surface area contributed by atoms with Crippen LogP contribution in [0.25, 0.3) is 0 Å². The summed E-state index contributed by atoms with van der Waals surface area (Å²) in [5, 5.41) is 5.88. The molecule has 2 amide bonds. The van der Waals surface area contributed by atoms with Gasteiger partial charge in [0, 0.05) is 6.54 Å². The first-order chi connectivity index (χ1) is 15.6. The molecule has 2 aromatic carbocycles. The van der Waals surface area contributed by atoms with Crippen LogP contribution in [0.5, 0.6) is 28.7 Å². The van der Waals surface area contributed by atoms with Crippen LogP contribution >= 0.6 is 0 Å². The van der Waals surface area contributed by atoms with Gasteiger partial charge in [-0.05, 0) is 68.7 Å². The molecule has 1 aliphatic rings. The van der Waals surface area contributed by atoms with Gasteiger partial charge >= 0.3 is 6.03 Å². The monoisotopic (exact) mass is 444 g/mol. The minimum Gasteiger partial charge on any atom is -0.497 e. The lowest BCUT2D eigenvalue weighted by atomic mass is 10.0. The minimum absolute atomic E-state index is 0.132. The molecule has 8 nitrogen and oxygen atoms in total. The fourth-order valence-corrected chi connectivity index (χ4v) is 3.55. The third-order valence-corrected chi connectivity index (χ3v) is 4.93. The number of methoxy groups -OCH3 is 1. The molecule has 2 N–H and O–H groups in total. The van der Waals surface area contributed by atoms with E-state index in [-0.39, 0.29) is 12.1 Å². The molecule has 3 rings (SSSR count). The van der Waals surface area contributed by atoms with E-state index in [1.807, 2.05) is 51.1 Å². The maximum atomic E-state index is 12.5. The molecule has 2 aromatic rings. The average molecular weight is 445 g/mol. The third kappa shape index (κ3) is 5.90. The zero-order valence-electron chi connectivity index (χ0n) is 19.2. The predicted molar refractivity (Wildman–Crippen MR) is 121 cm³/mol. The van der Waals surface area contributed by atoms with E-state index in [0.29, 0.717) is 56.6 Å². The first-order valence-corrected chi connectivity index (χ1v) is 11.0. The molecule has 0 saturated carbocycles. The lowest BCUT2D eigenvalue weighted by molar-refractivity contribution is 0.214. The molecule has 32 heavy (non-hydrogen) atoms. The van der Waals surface area contributed by atoms with Crippen molar-refractivity contribution in [1.82, 2.24) is 10.6 Å². The number of nitrogens with one attached hydrogen (secondary N) is 2. The second-order valence-electron chi connectivity index (χ2n) is 7.23. The van der Waals surface area contributed by atoms with E-state index in [9.17, 15) is 4.79 Å². The van der Waals surface area contributed by atoms with Crippen molar-refractivity contribution in [3.8, 4) is 28.7 Å². The average Bonchev–Trinajstić information content (AvgIpc) is 2.79. The van der Waals surface area contributed by atoms with Crippen LogP contribution in [0.15, 0.2) is 30.3 Å². The van der Waals surface area contributed by atoms with Crippen molar-refractivity contribution in [2.45, 2.75) is 39.8 Å². The minimum atomic E-state index is -0.269. The molecule has 8 heteroatoms. The number of hydrogen-bond acceptors (Lipinski definition) is 6. The largest absolute Gasteiger partial charge is 0.497 e. The third-order valence-electron chi connectivity index (χ3n) is 4.93. The summed E-state index contributed by atoms with van der Waals surface area (Å²) in [4.78, 5) is 12.5. The summed E-state index contributed by atoms with van der Waals surface area (Å²) >= 11 is 0. The van der Waals surface area contributed by atoms with Gasteiger partial charge in [0.05, 0.1) is 33.0 Å². The van der Waals surface area contributed by atoms with Gasteiger partial charge in [-0.1, -0.05) is 0 Å². The van der Waals surface area contributed by atoms with Gasteiger partial charge in [0.25, 0.3) is 0 Å². The smallest absolute Gasteiger partial charge is 0.315 e. The normalized spacial score (nSPS) is 14.6. The number of amides is 2. The van der Waals surface area contributed by atoms with Gasteiger partial charge in [-0.25, -0.2) is 4.79 Å². The number of urea groups is 1. The molecule has 1 atom stereocenters. The molecule has 1 heterocycles. The fourth-order valence-electron chi connectivity index (χ4n) is 3.55. The summed E-state index contributed by atoms with van der Waals surface area (Å²) in [6.07, 6.45) is 0.673. The Balaban J connectivity index is 1.62. The highest BCUT2D eigenvalue weighted by atomic mass is 16.5. The van der Waals surface area contributed by atoms with E-state index in [2.05, 4.69) is 10.6 Å². The van der Waals surface area contributed by atoms with Gasteiger partial charge in [-0.3, -0.25) is 0 Å². The summed E-state index contributed by atoms with van der Waals surface area (Å²) in [5.41, 5.74) is 1.86. The van der Waals surface area contributed by atoms with E-state index in [1.165, 1.54) is 0 Å². The molecular formula is C24H32N2O6. The lowest BCUT2D eigenvalue weighted by Crippen LogP contribution is -2.47. The van der Waals surface area contributed by atoms with E-state index in [0.717, 1.165) is 22.6 Å². The zero-order chi connectivity index (χ0) is 22.9. The van der Waals surface area contributed by atoms with Gasteiger partial charge in [0.1, 0.15) is 18.1 Å². The highest BCUT2D eigenvalue weighted by molar-refractivity contribution is 5.74. The van der Waals surface area contributed by atoms with Gasteiger partial charge < -0.3 is 34.3 Å². The van der Waals surface area contributed by atoms with Crippen LogP contribution in [0.1, 0.15) is 31.9 Å². The van der Waals surface area contributed by atoms with Crippen molar-refractivity contribution in [1.29, 1.82) is 0 Å². The van der Waals surface area contributed by atoms with Gasteiger partial charge in [0.2, 0.25) is 5.75 Å². The van der Waals surface area contributed by atoms with Gasteiger partial charge in [0.15, 0.2) is 11.5 Å². The summed E-state index contributed by atoms with van der Waals surface area (Å²) in [6, 6.07) is 9.02. The van der Waals surface area contributed by atoms with Crippen LogP contribution in [0.4, 0.5) is 4.79 Å². The quantitative estimate of drug-likeness (QED) is 0.581. The number of benzene rings is 2. The molecule has 0 fully saturated rings. The Bertz CT molecular complexity index is 890. The maximum Gasteiger partial charge on any atom is 0.315 e. The number of carbonyl (C=O) groups excluding carboxylic acids is 1. The summed E-state index contributed by atoms with van der Waals surface area (Å²) in [6.45, 7) is 7.96. The second-order valence-corrected chi connectivity index (χ2v) is 7.23. The molecule has 0 radical (unpaired) electrons. The summed E-state index contributed by atoms with van der Waals surface area (Å²) < 4.78 is 28.3. The maximum absolute atomic E-state index is 12.5. The summed E-state index contributed by atoms with van der Waals surface area (Å²) in [5.74, 6) is 3.37. The van der Waals surface area contributed by atoms with Crippen molar-refractivity contribution in [3.05, 3.63) is 41.5 Å². The van der Waals surface area contributed by atoms with Crippen molar-refractivity contribution in [2.24, 2.45) is 0 Å². The van der Waals surface area contributed by atoms with Crippen molar-refractivity contribution in [3.63, 3.8) is 0 Å². The van der Waals surface area contributed by atoms with Crippen molar-refractivity contribution >= 4 is 6.03 Å². The van der Waals surface area contributed by atoms with Crippen LogP contribution in [0, 0.1) is 0 Å². The van der Waals surface area contributed by atoms with Gasteiger partial charge in [-0.2, -0.15) is 0 Å². The number of ether oxygens (including phenoxy) is 5. The van der Waals surface area contributed by atoms with Crippen LogP contribution in [0.3, 0.4) is 0 Å². The molecule has 0 unspecified atom stereocenters. The van der Waals surface area contributed by atoms with Crippen LogP contribution in [-0.2, 0) is 13.0 Å². The number of rotatable bonds is 10. The molecule has 0 spiro atoms. The lowest BCUT2D eigenvalue weighted by Gasteiger charge is -2.26. The SMILES string of the molecule is CCOc1cc(CNC(=O)N[C@@H]2COc3ccc(OC)cc3C2)cc(OCC)c1OCC. The predicted octanol–water partition coefficient (Wildman–Crippen LogP) is 3.69. The second kappa shape index (κ2) is 11.4. The van der Waals surface area contributed by atoms with Crippen LogP contribution in [-0.4, -0.2) is 45.6 Å². The van der Waals surface area contributed by atoms with Crippen molar-refractivity contribution < 1.29 is 28.5 Å². The molecule has 0 aromatic heterocycles. The van der Waals surface area contributed by atoms with Crippen molar-refractivity contribution in [2.75, 3.05) is 33.5 Å². The molecule has 0 aliphatic carbocycles. The molecule has 1 aliphatic heterocycles. The highest BCUT2D eigenvalue weighted by Crippen LogP contribution is 2.39. The number of carbonyl (C=O) groups is 1. The fraction of sp³-hybridized carbons (Fsp3) is 0.458. The Morgan fingerprint density at radius 2 is 1.72 bits per heavy atom. The van der Waals surface area contributed by atoms with Crippen LogP contribution < -0.4 is 34.3 Å². The molecular weight excluding hydrogens is 412 g/mol. The highest BCUT2D eigenvalue weighted by Gasteiger charge is 2.22. The molecule has 174 valence electrons. The Labute approximate surface area is 189 Å². The molecule has 0 saturated heterocycles. The summed E-state index contributed by atoms with van der Waals surface area (Å²) in [7, 11) is 1.63. The Kier molecular flexibility index (Phi) is 8.30. The molecule has 0 bridgehead atoms. The van der Waals surface area contributed by atoms with Gasteiger partial charge in [-0.15, -0.1) is 0 Å². The number of fused-ring (bicyclic) bond motifs is 1.